The van der Waals surface area contributed by atoms with Gasteiger partial charge in [-0.2, -0.15) is 0 Å². The number of nitrogens with one attached hydrogen (secondary N) is 1. The summed E-state index contributed by atoms with van der Waals surface area (Å²) >= 11 is 7.32. The highest BCUT2D eigenvalue weighted by molar-refractivity contribution is 7.11. The molecule has 0 amide bonds. The molecule has 0 fully saturated rings. The third kappa shape index (κ3) is 3.17. The molecule has 0 aliphatic carbocycles. The third-order valence-corrected chi connectivity index (χ3v) is 3.66. The van der Waals surface area contributed by atoms with Gasteiger partial charge < -0.3 is 5.32 Å². The van der Waals surface area contributed by atoms with Crippen molar-refractivity contribution in [2.24, 2.45) is 0 Å². The fourth-order valence-electron chi connectivity index (χ4n) is 1.41. The highest BCUT2D eigenvalue weighted by atomic mass is 35.5. The predicted molar refractivity (Wildman–Crippen MR) is 70.2 cm³/mol. The molecule has 0 saturated heterocycles. The van der Waals surface area contributed by atoms with Crippen molar-refractivity contribution in [1.82, 2.24) is 4.98 Å². The molecule has 17 heavy (non-hydrogen) atoms. The lowest BCUT2D eigenvalue weighted by atomic mass is 10.3. The summed E-state index contributed by atoms with van der Waals surface area (Å²) in [5.41, 5.74) is 0.459. The van der Waals surface area contributed by atoms with E-state index in [-0.39, 0.29) is 5.82 Å². The van der Waals surface area contributed by atoms with Gasteiger partial charge in [-0.15, -0.1) is 11.3 Å². The summed E-state index contributed by atoms with van der Waals surface area (Å²) in [4.78, 5) is 5.34. The van der Waals surface area contributed by atoms with E-state index in [9.17, 15) is 4.39 Å². The number of hydrogen-bond acceptors (Lipinski definition) is 3. The zero-order valence-electron chi connectivity index (χ0n) is 9.34. The molecule has 0 spiro atoms. The number of benzene rings is 1. The average molecular weight is 271 g/mol. The zero-order valence-corrected chi connectivity index (χ0v) is 10.9. The number of halogens is 2. The van der Waals surface area contributed by atoms with Gasteiger partial charge in [0, 0.05) is 16.1 Å². The first-order chi connectivity index (χ1) is 8.19. The SMILES string of the molecule is CCc1ncc(CNc2ccc(Cl)cc2F)s1. The Hall–Kier alpha value is -1.13. The molecule has 0 aliphatic heterocycles. The van der Waals surface area contributed by atoms with Gasteiger partial charge in [0.05, 0.1) is 17.2 Å². The van der Waals surface area contributed by atoms with Gasteiger partial charge in [-0.1, -0.05) is 18.5 Å². The maximum Gasteiger partial charge on any atom is 0.147 e. The van der Waals surface area contributed by atoms with Crippen LogP contribution in [0.4, 0.5) is 10.1 Å². The minimum atomic E-state index is -0.335. The van der Waals surface area contributed by atoms with Crippen LogP contribution in [-0.2, 0) is 13.0 Å². The molecule has 5 heteroatoms. The van der Waals surface area contributed by atoms with E-state index in [1.807, 2.05) is 6.20 Å². The quantitative estimate of drug-likeness (QED) is 0.904. The number of aryl methyl sites for hydroxylation is 1. The first kappa shape index (κ1) is 12.3. The zero-order chi connectivity index (χ0) is 12.3. The van der Waals surface area contributed by atoms with Crippen LogP contribution in [0.2, 0.25) is 5.02 Å². The maximum atomic E-state index is 13.5. The van der Waals surface area contributed by atoms with Crippen LogP contribution < -0.4 is 5.32 Å². The van der Waals surface area contributed by atoms with Gasteiger partial charge in [0.1, 0.15) is 5.82 Å². The third-order valence-electron chi connectivity index (χ3n) is 2.29. The van der Waals surface area contributed by atoms with E-state index >= 15 is 0 Å². The first-order valence-electron chi connectivity index (χ1n) is 5.31. The molecule has 0 aliphatic rings. The van der Waals surface area contributed by atoms with E-state index in [1.54, 1.807) is 23.5 Å². The lowest BCUT2D eigenvalue weighted by molar-refractivity contribution is 0.630. The summed E-state index contributed by atoms with van der Waals surface area (Å²) in [5.74, 6) is -0.335. The van der Waals surface area contributed by atoms with Crippen LogP contribution in [0.3, 0.4) is 0 Å². The number of aromatic nitrogens is 1. The molecule has 1 aromatic heterocycles. The molecule has 0 radical (unpaired) electrons. The molecule has 0 atom stereocenters. The fourth-order valence-corrected chi connectivity index (χ4v) is 2.37. The second-order valence-corrected chi connectivity index (χ2v) is 5.19. The Labute approximate surface area is 108 Å². The lowest BCUT2D eigenvalue weighted by Gasteiger charge is -2.05. The van der Waals surface area contributed by atoms with Crippen molar-refractivity contribution in [3.8, 4) is 0 Å². The molecule has 2 nitrogen and oxygen atoms in total. The summed E-state index contributed by atoms with van der Waals surface area (Å²) in [6, 6.07) is 4.60. The van der Waals surface area contributed by atoms with Gasteiger partial charge in [0.15, 0.2) is 0 Å². The number of thiazole rings is 1. The van der Waals surface area contributed by atoms with E-state index in [0.29, 0.717) is 17.3 Å². The molecule has 2 aromatic rings. The largest absolute Gasteiger partial charge is 0.378 e. The van der Waals surface area contributed by atoms with Gasteiger partial charge >= 0.3 is 0 Å². The predicted octanol–water partition coefficient (Wildman–Crippen LogP) is 4.11. The van der Waals surface area contributed by atoms with Crippen LogP contribution in [0.1, 0.15) is 16.8 Å². The van der Waals surface area contributed by atoms with Gasteiger partial charge in [-0.05, 0) is 24.6 Å². The number of nitrogens with zero attached hydrogens (tertiary/aromatic N) is 1. The Morgan fingerprint density at radius 2 is 2.29 bits per heavy atom. The normalized spacial score (nSPS) is 10.5. The second kappa shape index (κ2) is 5.47. The molecular weight excluding hydrogens is 259 g/mol. The molecule has 0 bridgehead atoms. The van der Waals surface area contributed by atoms with E-state index in [1.165, 1.54) is 6.07 Å². The smallest absolute Gasteiger partial charge is 0.147 e. The van der Waals surface area contributed by atoms with Crippen LogP contribution in [0, 0.1) is 5.82 Å². The molecule has 0 saturated carbocycles. The second-order valence-electron chi connectivity index (χ2n) is 3.55. The number of rotatable bonds is 4. The molecule has 1 aromatic carbocycles. The molecule has 90 valence electrons. The standard InChI is InChI=1S/C12H12ClFN2S/c1-2-12-16-7-9(17-12)6-15-11-4-3-8(13)5-10(11)14/h3-5,7,15H,2,6H2,1H3. The summed E-state index contributed by atoms with van der Waals surface area (Å²) in [5, 5.41) is 4.53. The molecular formula is C12H12ClFN2S. The van der Waals surface area contributed by atoms with E-state index in [4.69, 9.17) is 11.6 Å². The van der Waals surface area contributed by atoms with Gasteiger partial charge in [0.2, 0.25) is 0 Å². The first-order valence-corrected chi connectivity index (χ1v) is 6.51. The molecule has 1 heterocycles. The number of hydrogen-bond donors (Lipinski definition) is 1. The minimum Gasteiger partial charge on any atom is -0.378 e. The van der Waals surface area contributed by atoms with E-state index < -0.39 is 0 Å². The van der Waals surface area contributed by atoms with Crippen LogP contribution in [0.25, 0.3) is 0 Å². The van der Waals surface area contributed by atoms with Crippen molar-refractivity contribution >= 4 is 28.6 Å². The summed E-state index contributed by atoms with van der Waals surface area (Å²) in [6.07, 6.45) is 2.75. The van der Waals surface area contributed by atoms with Crippen LogP contribution in [-0.4, -0.2) is 4.98 Å². The minimum absolute atomic E-state index is 0.335. The van der Waals surface area contributed by atoms with Crippen LogP contribution in [0.15, 0.2) is 24.4 Å². The monoisotopic (exact) mass is 270 g/mol. The van der Waals surface area contributed by atoms with Crippen molar-refractivity contribution in [1.29, 1.82) is 0 Å². The van der Waals surface area contributed by atoms with Crippen LogP contribution in [0.5, 0.6) is 0 Å². The maximum absolute atomic E-state index is 13.5. The summed E-state index contributed by atoms with van der Waals surface area (Å²) in [7, 11) is 0. The Balaban J connectivity index is 2.02. The highest BCUT2D eigenvalue weighted by Gasteiger charge is 2.04. The average Bonchev–Trinajstić information content (AvgIpc) is 2.76. The topological polar surface area (TPSA) is 24.9 Å². The van der Waals surface area contributed by atoms with Gasteiger partial charge in [0.25, 0.3) is 0 Å². The van der Waals surface area contributed by atoms with Gasteiger partial charge in [-0.3, -0.25) is 0 Å². The van der Waals surface area contributed by atoms with Crippen LogP contribution >= 0.6 is 22.9 Å². The van der Waals surface area contributed by atoms with Crippen molar-refractivity contribution in [2.45, 2.75) is 19.9 Å². The van der Waals surface area contributed by atoms with Crippen molar-refractivity contribution in [3.05, 3.63) is 45.1 Å². The van der Waals surface area contributed by atoms with Gasteiger partial charge in [-0.25, -0.2) is 9.37 Å². The van der Waals surface area contributed by atoms with E-state index in [2.05, 4.69) is 17.2 Å². The summed E-state index contributed by atoms with van der Waals surface area (Å²) < 4.78 is 13.5. The fraction of sp³-hybridized carbons (Fsp3) is 0.250. The number of anilines is 1. The van der Waals surface area contributed by atoms with E-state index in [0.717, 1.165) is 16.3 Å². The highest BCUT2D eigenvalue weighted by Crippen LogP contribution is 2.21. The summed E-state index contributed by atoms with van der Waals surface area (Å²) in [6.45, 7) is 2.64. The Kier molecular flexibility index (Phi) is 3.97. The van der Waals surface area contributed by atoms with Crippen molar-refractivity contribution in [2.75, 3.05) is 5.32 Å². The Bertz CT molecular complexity index is 513. The van der Waals surface area contributed by atoms with Crippen molar-refractivity contribution < 1.29 is 4.39 Å². The lowest BCUT2D eigenvalue weighted by Crippen LogP contribution is -1.99. The Morgan fingerprint density at radius 1 is 1.47 bits per heavy atom. The van der Waals surface area contributed by atoms with Crippen molar-refractivity contribution in [3.63, 3.8) is 0 Å². The molecule has 1 N–H and O–H groups in total. The molecule has 2 rings (SSSR count). The molecule has 0 unspecified atom stereocenters. The Morgan fingerprint density at radius 3 is 2.94 bits per heavy atom.